The fraction of sp³-hybridized carbons (Fsp3) is 0.361. The van der Waals surface area contributed by atoms with Gasteiger partial charge >= 0.3 is 0 Å². The number of nitrogens with zero attached hydrogens (tertiary/aromatic N) is 4. The van der Waals surface area contributed by atoms with Crippen LogP contribution in [0.4, 0.5) is 5.82 Å². The number of hydrogen-bond acceptors (Lipinski definition) is 9. The van der Waals surface area contributed by atoms with E-state index >= 15 is 0 Å². The van der Waals surface area contributed by atoms with Crippen molar-refractivity contribution in [3.63, 3.8) is 0 Å². The van der Waals surface area contributed by atoms with E-state index in [1.807, 2.05) is 86.0 Å². The molecule has 1 saturated heterocycles. The van der Waals surface area contributed by atoms with Crippen LogP contribution >= 0.6 is 0 Å². The third kappa shape index (κ3) is 4.79. The Labute approximate surface area is 276 Å². The molecule has 47 heavy (non-hydrogen) atoms. The van der Waals surface area contributed by atoms with E-state index in [2.05, 4.69) is 42.3 Å². The second-order valence-corrected chi connectivity index (χ2v) is 15.9. The second-order valence-electron chi connectivity index (χ2n) is 13.1. The molecule has 0 saturated carbocycles. The molecule has 11 heteroatoms. The highest BCUT2D eigenvalue weighted by Gasteiger charge is 2.78. The molecule has 245 valence electrons. The summed E-state index contributed by atoms with van der Waals surface area (Å²) in [6, 6.07) is 27.9. The standard InChI is InChI=1S/C36H42N5O5Si/c1-33(2,3)46-35(47(5)6)30(43)28(21-42)45-36(35,41-23-40-29-31(37)38-22-39-32(29)41)34(24-14-9-7-10-15-24,25-16-11-8-12-17-25)26-18-13-19-27(20-26)44-4/h7-20,22-23,28,30,42-43H,21H2,1-6H3,(H2,37,38,39)/t28-,30-,35+,36-/m1/s1. The van der Waals surface area contributed by atoms with Crippen LogP contribution in [0.15, 0.2) is 97.6 Å². The van der Waals surface area contributed by atoms with E-state index in [1.54, 1.807) is 13.4 Å². The van der Waals surface area contributed by atoms with Gasteiger partial charge in [-0.25, -0.2) is 15.0 Å². The van der Waals surface area contributed by atoms with Crippen LogP contribution in [0.25, 0.3) is 11.2 Å². The van der Waals surface area contributed by atoms with Crippen molar-refractivity contribution in [2.24, 2.45) is 0 Å². The number of hydrogen-bond donors (Lipinski definition) is 3. The van der Waals surface area contributed by atoms with Gasteiger partial charge in [0.05, 0.1) is 39.9 Å². The lowest BCUT2D eigenvalue weighted by Crippen LogP contribution is -2.74. The largest absolute Gasteiger partial charge is 0.497 e. The van der Waals surface area contributed by atoms with E-state index in [-0.39, 0.29) is 5.82 Å². The summed E-state index contributed by atoms with van der Waals surface area (Å²) < 4.78 is 22.4. The average molecular weight is 653 g/mol. The summed E-state index contributed by atoms with van der Waals surface area (Å²) in [5, 5.41) is 22.2. The monoisotopic (exact) mass is 652 g/mol. The summed E-state index contributed by atoms with van der Waals surface area (Å²) in [5.74, 6) is 0.836. The Hall–Kier alpha value is -4.13. The van der Waals surface area contributed by atoms with Crippen molar-refractivity contribution in [3.8, 4) is 5.75 Å². The molecule has 0 spiro atoms. The van der Waals surface area contributed by atoms with Gasteiger partial charge in [-0.3, -0.25) is 4.57 Å². The Morgan fingerprint density at radius 3 is 2.09 bits per heavy atom. The molecule has 1 aliphatic rings. The summed E-state index contributed by atoms with van der Waals surface area (Å²) in [6.07, 6.45) is 0.720. The SMILES string of the molecule is COc1cccc(C(c2ccccc2)(c2ccccc2)[C@@]2(n3cnc4c(N)ncnc43)O[C@H](CO)[C@@H](O)[C@]2(OC(C)(C)C)[Si](C)C)c1. The molecule has 0 unspecified atom stereocenters. The first-order valence-electron chi connectivity index (χ1n) is 15.6. The van der Waals surface area contributed by atoms with Crippen LogP contribution in [0, 0.1) is 0 Å². The number of aromatic nitrogens is 4. The van der Waals surface area contributed by atoms with Crippen LogP contribution in [-0.4, -0.2) is 75.3 Å². The minimum atomic E-state index is -1.79. The molecule has 4 N–H and O–H groups in total. The highest BCUT2D eigenvalue weighted by atomic mass is 28.3. The second kappa shape index (κ2) is 12.1. The third-order valence-electron chi connectivity index (χ3n) is 9.11. The first-order valence-corrected chi connectivity index (χ1v) is 18.1. The molecule has 1 fully saturated rings. The van der Waals surface area contributed by atoms with Crippen molar-refractivity contribution in [1.29, 1.82) is 0 Å². The smallest absolute Gasteiger partial charge is 0.194 e. The van der Waals surface area contributed by atoms with E-state index < -0.39 is 49.6 Å². The summed E-state index contributed by atoms with van der Waals surface area (Å²) >= 11 is 0. The van der Waals surface area contributed by atoms with Crippen molar-refractivity contribution < 1.29 is 24.4 Å². The maximum absolute atomic E-state index is 12.7. The van der Waals surface area contributed by atoms with E-state index in [4.69, 9.17) is 29.9 Å². The number of aliphatic hydroxyl groups is 2. The third-order valence-corrected chi connectivity index (χ3v) is 11.3. The van der Waals surface area contributed by atoms with Crippen molar-refractivity contribution >= 4 is 25.8 Å². The van der Waals surface area contributed by atoms with E-state index in [9.17, 15) is 10.2 Å². The number of nitrogens with two attached hydrogens (primary N) is 1. The van der Waals surface area contributed by atoms with Gasteiger partial charge in [-0.1, -0.05) is 85.9 Å². The molecule has 1 aliphatic heterocycles. The van der Waals surface area contributed by atoms with Crippen LogP contribution in [0.5, 0.6) is 5.75 Å². The van der Waals surface area contributed by atoms with E-state index in [1.165, 1.54) is 6.33 Å². The van der Waals surface area contributed by atoms with Crippen LogP contribution in [0.3, 0.4) is 0 Å². The van der Waals surface area contributed by atoms with Gasteiger partial charge in [0.1, 0.15) is 35.0 Å². The highest BCUT2D eigenvalue weighted by Crippen LogP contribution is 2.64. The Bertz CT molecular complexity index is 1810. The van der Waals surface area contributed by atoms with Crippen molar-refractivity contribution in [2.45, 2.75) is 68.0 Å². The number of nitrogen functional groups attached to an aromatic ring is 1. The molecule has 0 amide bonds. The minimum absolute atomic E-state index is 0.202. The van der Waals surface area contributed by atoms with Gasteiger partial charge < -0.3 is 30.2 Å². The lowest BCUT2D eigenvalue weighted by Gasteiger charge is -2.59. The van der Waals surface area contributed by atoms with Crippen LogP contribution in [0.1, 0.15) is 37.5 Å². The predicted octanol–water partition coefficient (Wildman–Crippen LogP) is 4.70. The molecular formula is C36H42N5O5Si. The Kier molecular flexibility index (Phi) is 8.48. The maximum atomic E-state index is 12.7. The molecule has 10 nitrogen and oxygen atoms in total. The minimum Gasteiger partial charge on any atom is -0.497 e. The van der Waals surface area contributed by atoms with Gasteiger partial charge in [-0.15, -0.1) is 0 Å². The molecule has 0 bridgehead atoms. The van der Waals surface area contributed by atoms with Gasteiger partial charge in [-0.05, 0) is 49.6 Å². The van der Waals surface area contributed by atoms with Crippen LogP contribution < -0.4 is 10.5 Å². The number of fused-ring (bicyclic) bond motifs is 1. The first kappa shape index (κ1) is 32.8. The molecule has 3 heterocycles. The number of methoxy groups -OCH3 is 1. The van der Waals surface area contributed by atoms with Crippen molar-refractivity contribution in [2.75, 3.05) is 19.5 Å². The van der Waals surface area contributed by atoms with Crippen molar-refractivity contribution in [3.05, 3.63) is 114 Å². The van der Waals surface area contributed by atoms with Gasteiger partial charge in [-0.2, -0.15) is 0 Å². The average Bonchev–Trinajstić information content (AvgIpc) is 3.61. The molecule has 4 atom stereocenters. The molecule has 3 aromatic carbocycles. The van der Waals surface area contributed by atoms with Gasteiger partial charge in [0, 0.05) is 0 Å². The zero-order chi connectivity index (χ0) is 33.6. The summed E-state index contributed by atoms with van der Waals surface area (Å²) in [7, 11) is -0.152. The molecule has 6 rings (SSSR count). The zero-order valence-corrected chi connectivity index (χ0v) is 28.6. The lowest BCUT2D eigenvalue weighted by atomic mass is 9.60. The normalized spacial score (nSPS) is 23.4. The van der Waals surface area contributed by atoms with Gasteiger partial charge in [0.2, 0.25) is 0 Å². The molecule has 5 aromatic rings. The topological polar surface area (TPSA) is 138 Å². The highest BCUT2D eigenvalue weighted by molar-refractivity contribution is 6.60. The number of imidazole rings is 1. The van der Waals surface area contributed by atoms with Gasteiger partial charge in [0.15, 0.2) is 17.2 Å². The number of anilines is 1. The first-order chi connectivity index (χ1) is 22.5. The van der Waals surface area contributed by atoms with Gasteiger partial charge in [0.25, 0.3) is 0 Å². The fourth-order valence-corrected chi connectivity index (χ4v) is 9.84. The van der Waals surface area contributed by atoms with Crippen molar-refractivity contribution in [1.82, 2.24) is 19.5 Å². The van der Waals surface area contributed by atoms with E-state index in [0.29, 0.717) is 16.9 Å². The summed E-state index contributed by atoms with van der Waals surface area (Å²) in [6.45, 7) is 9.64. The number of aliphatic hydroxyl groups excluding tert-OH is 2. The lowest BCUT2D eigenvalue weighted by molar-refractivity contribution is -0.236. The zero-order valence-electron chi connectivity index (χ0n) is 27.6. The summed E-state index contributed by atoms with van der Waals surface area (Å²) in [4.78, 5) is 13.7. The van der Waals surface area contributed by atoms with Crippen LogP contribution in [-0.2, 0) is 20.6 Å². The molecule has 0 aliphatic carbocycles. The number of rotatable bonds is 9. The fourth-order valence-electron chi connectivity index (χ4n) is 7.51. The number of ether oxygens (including phenoxy) is 3. The number of benzene rings is 3. The Morgan fingerprint density at radius 2 is 1.53 bits per heavy atom. The quantitative estimate of drug-likeness (QED) is 0.153. The predicted molar refractivity (Wildman–Crippen MR) is 182 cm³/mol. The molecule has 1 radical (unpaired) electrons. The Balaban J connectivity index is 1.96. The van der Waals surface area contributed by atoms with E-state index in [0.717, 1.165) is 16.7 Å². The molecule has 2 aromatic heterocycles. The Morgan fingerprint density at radius 1 is 0.915 bits per heavy atom. The summed E-state index contributed by atoms with van der Waals surface area (Å²) in [5.41, 5.74) is 5.90. The maximum Gasteiger partial charge on any atom is 0.194 e. The van der Waals surface area contributed by atoms with Crippen LogP contribution in [0.2, 0.25) is 13.1 Å². The molecular weight excluding hydrogens is 611 g/mol.